The summed E-state index contributed by atoms with van der Waals surface area (Å²) in [6, 6.07) is 0. The van der Waals surface area contributed by atoms with E-state index in [0.29, 0.717) is 72.0 Å². The van der Waals surface area contributed by atoms with E-state index < -0.39 is 23.6 Å². The molecule has 8 aliphatic carbocycles. The molecule has 412 valence electrons. The van der Waals surface area contributed by atoms with Gasteiger partial charge in [-0.1, -0.05) is 106 Å². The fourth-order valence-electron chi connectivity index (χ4n) is 17.8. The summed E-state index contributed by atoms with van der Waals surface area (Å²) in [7, 11) is 0. The molecular formula is C59H97F7O4S. The second kappa shape index (κ2) is 20.9. The van der Waals surface area contributed by atoms with E-state index in [1.807, 2.05) is 0 Å². The predicted molar refractivity (Wildman–Crippen MR) is 275 cm³/mol. The van der Waals surface area contributed by atoms with Gasteiger partial charge in [0.25, 0.3) is 0 Å². The molecule has 0 aliphatic heterocycles. The van der Waals surface area contributed by atoms with Crippen molar-refractivity contribution in [1.82, 2.24) is 0 Å². The molecule has 6 saturated carbocycles. The lowest BCUT2D eigenvalue weighted by molar-refractivity contribution is -0.271. The number of aliphatic hydroxyl groups is 4. The topological polar surface area (TPSA) is 80.9 Å². The molecule has 0 saturated heterocycles. The summed E-state index contributed by atoms with van der Waals surface area (Å²) in [5.41, 5.74) is -3.39. The van der Waals surface area contributed by atoms with Crippen LogP contribution in [0.15, 0.2) is 23.3 Å². The standard InChI is InChI=1S/2C29H47F3O2.CH3FS/c2*1-18(7-12-24(33)25(2,3)4)21-10-11-22-20-9-8-19-17-28(34,29(30,31)32)16-15-26(19,5)23(20)13-14-27(21,22)6;1-3-2/h2*8,18,20-24,33-34H,7,9-17H2,1-6H3;1H3/t18-,20+,21-,22+,23+,24?,26+,27-,28+;18-,20+,21-,22+,23+,24+,26+,27-,28+;/m11./s1. The molecule has 0 bridgehead atoms. The number of halogens is 7. The van der Waals surface area contributed by atoms with Crippen LogP contribution in [0, 0.1) is 91.7 Å². The highest BCUT2D eigenvalue weighted by Gasteiger charge is 2.65. The predicted octanol–water partition coefficient (Wildman–Crippen LogP) is 16.6. The van der Waals surface area contributed by atoms with Crippen molar-refractivity contribution in [2.45, 2.75) is 247 Å². The number of fused-ring (bicyclic) bond motifs is 10. The van der Waals surface area contributed by atoms with E-state index in [4.69, 9.17) is 0 Å². The zero-order valence-corrected chi connectivity index (χ0v) is 46.9. The van der Waals surface area contributed by atoms with Crippen LogP contribution in [0.2, 0.25) is 0 Å². The van der Waals surface area contributed by atoms with Crippen LogP contribution in [0.5, 0.6) is 0 Å². The molecule has 71 heavy (non-hydrogen) atoms. The summed E-state index contributed by atoms with van der Waals surface area (Å²) in [4.78, 5) is 0. The van der Waals surface area contributed by atoms with Gasteiger partial charge in [-0.05, 0) is 207 Å². The van der Waals surface area contributed by atoms with E-state index >= 15 is 0 Å². The van der Waals surface area contributed by atoms with Crippen molar-refractivity contribution in [1.29, 1.82) is 0 Å². The van der Waals surface area contributed by atoms with E-state index in [2.05, 4.69) is 95.2 Å². The molecule has 0 radical (unpaired) electrons. The minimum Gasteiger partial charge on any atom is -0.393 e. The number of aliphatic hydroxyl groups excluding tert-OH is 2. The Morgan fingerprint density at radius 1 is 0.535 bits per heavy atom. The zero-order chi connectivity index (χ0) is 53.3. The van der Waals surface area contributed by atoms with Crippen molar-refractivity contribution in [2.24, 2.45) is 91.7 Å². The summed E-state index contributed by atoms with van der Waals surface area (Å²) < 4.78 is 91.6. The molecular weight excluding hydrogens is 938 g/mol. The van der Waals surface area contributed by atoms with Gasteiger partial charge in [0.2, 0.25) is 0 Å². The second-order valence-electron chi connectivity index (χ2n) is 28.4. The maximum absolute atomic E-state index is 13.6. The number of allylic oxidation sites excluding steroid dienone is 2. The van der Waals surface area contributed by atoms with Crippen molar-refractivity contribution in [3.05, 3.63) is 23.3 Å². The molecule has 0 heterocycles. The van der Waals surface area contributed by atoms with Crippen LogP contribution >= 0.6 is 12.1 Å². The van der Waals surface area contributed by atoms with E-state index in [1.54, 1.807) is 0 Å². The SMILES string of the molecule is CSF.C[C@H](CCC(O)C(C)(C)C)[C@H]1CC[C@H]2[C@@H]3CC=C4C[C@](O)(C(F)(F)F)CC[C@]4(C)[C@H]3CC[C@]12C.C[C@H](CC[C@H](O)C(C)(C)C)[C@H]1CC[C@H]2[C@@H]3CC=C4C[C@](O)(C(F)(F)F)CC[C@]4(C)[C@H]3CC[C@]12C. The van der Waals surface area contributed by atoms with Gasteiger partial charge in [0.1, 0.15) is 0 Å². The van der Waals surface area contributed by atoms with Gasteiger partial charge in [0, 0.05) is 31.2 Å². The summed E-state index contributed by atoms with van der Waals surface area (Å²) in [5, 5.41) is 41.9. The summed E-state index contributed by atoms with van der Waals surface area (Å²) in [6.07, 6.45) is 10.9. The highest BCUT2D eigenvalue weighted by molar-refractivity contribution is 7.93. The smallest absolute Gasteiger partial charge is 0.393 e. The number of rotatable bonds is 8. The van der Waals surface area contributed by atoms with Crippen molar-refractivity contribution in [3.8, 4) is 0 Å². The van der Waals surface area contributed by atoms with Gasteiger partial charge >= 0.3 is 12.4 Å². The Hall–Kier alpha value is -0.820. The Kier molecular flexibility index (Phi) is 17.5. The lowest BCUT2D eigenvalue weighted by atomic mass is 9.46. The molecule has 12 heteroatoms. The van der Waals surface area contributed by atoms with E-state index in [9.17, 15) is 50.7 Å². The highest BCUT2D eigenvalue weighted by Crippen LogP contribution is 2.70. The average molecular weight is 1040 g/mol. The maximum Gasteiger partial charge on any atom is 0.417 e. The first-order valence-electron chi connectivity index (χ1n) is 28.0. The van der Waals surface area contributed by atoms with E-state index in [1.165, 1.54) is 31.9 Å². The molecule has 0 spiro atoms. The Balaban J connectivity index is 0.000000220. The molecule has 4 N–H and O–H groups in total. The Morgan fingerprint density at radius 2 is 0.859 bits per heavy atom. The van der Waals surface area contributed by atoms with Gasteiger partial charge in [-0.3, -0.25) is 0 Å². The molecule has 8 rings (SSSR count). The van der Waals surface area contributed by atoms with Crippen molar-refractivity contribution in [2.75, 3.05) is 6.26 Å². The van der Waals surface area contributed by atoms with Gasteiger partial charge in [0.05, 0.1) is 12.2 Å². The maximum atomic E-state index is 13.6. The Labute approximate surface area is 429 Å². The molecule has 0 aromatic heterocycles. The third-order valence-corrected chi connectivity index (χ3v) is 22.7. The first-order valence-corrected chi connectivity index (χ1v) is 29.1. The first kappa shape index (κ1) is 59.4. The highest BCUT2D eigenvalue weighted by atomic mass is 32.2. The van der Waals surface area contributed by atoms with Crippen LogP contribution in [-0.2, 0) is 0 Å². The third kappa shape index (κ3) is 11.2. The molecule has 0 aromatic carbocycles. The third-order valence-electron chi connectivity index (χ3n) is 22.7. The quantitative estimate of drug-likeness (QED) is 0.144. The van der Waals surface area contributed by atoms with Crippen LogP contribution in [0.3, 0.4) is 0 Å². The van der Waals surface area contributed by atoms with Crippen LogP contribution in [0.4, 0.5) is 30.2 Å². The molecule has 0 amide bonds. The monoisotopic (exact) mass is 1030 g/mol. The fraction of sp³-hybridized carbons (Fsp3) is 0.932. The number of alkyl halides is 6. The summed E-state index contributed by atoms with van der Waals surface area (Å²) in [6.45, 7) is 26.7. The van der Waals surface area contributed by atoms with E-state index in [-0.39, 0.29) is 82.5 Å². The molecule has 18 atom stereocenters. The van der Waals surface area contributed by atoms with Crippen molar-refractivity contribution in [3.63, 3.8) is 0 Å². The number of hydrogen-bond donors (Lipinski definition) is 4. The largest absolute Gasteiger partial charge is 0.417 e. The minimum atomic E-state index is -4.56. The summed E-state index contributed by atoms with van der Waals surface area (Å²) in [5.74, 6) is 5.67. The zero-order valence-electron chi connectivity index (χ0n) is 46.1. The van der Waals surface area contributed by atoms with Gasteiger partial charge in [0.15, 0.2) is 11.2 Å². The van der Waals surface area contributed by atoms with Crippen LogP contribution in [0.1, 0.15) is 212 Å². The number of hydrogen-bond acceptors (Lipinski definition) is 5. The van der Waals surface area contributed by atoms with Crippen LogP contribution in [-0.4, -0.2) is 62.4 Å². The molecule has 1 unspecified atom stereocenters. The minimum absolute atomic E-state index is 0.0836. The van der Waals surface area contributed by atoms with Gasteiger partial charge in [-0.2, -0.15) is 30.2 Å². The lowest BCUT2D eigenvalue weighted by Crippen LogP contribution is -2.55. The average Bonchev–Trinajstić information content (AvgIpc) is 3.81. The normalized spacial score (nSPS) is 42.9. The van der Waals surface area contributed by atoms with Crippen molar-refractivity contribution < 1.29 is 50.7 Å². The fourth-order valence-corrected chi connectivity index (χ4v) is 17.8. The van der Waals surface area contributed by atoms with E-state index in [0.717, 1.165) is 75.4 Å². The molecule has 0 aromatic rings. The Bertz CT molecular complexity index is 1760. The van der Waals surface area contributed by atoms with Gasteiger partial charge < -0.3 is 20.4 Å². The van der Waals surface area contributed by atoms with Crippen LogP contribution < -0.4 is 0 Å². The van der Waals surface area contributed by atoms with Gasteiger partial charge in [-0.15, -0.1) is 0 Å². The van der Waals surface area contributed by atoms with Gasteiger partial charge in [-0.25, -0.2) is 0 Å². The molecule has 8 aliphatic rings. The first-order chi connectivity index (χ1) is 32.5. The lowest BCUT2D eigenvalue weighted by Gasteiger charge is -2.59. The second-order valence-corrected chi connectivity index (χ2v) is 28.7. The Morgan fingerprint density at radius 3 is 1.15 bits per heavy atom. The summed E-state index contributed by atoms with van der Waals surface area (Å²) >= 11 is 0.250. The molecule has 6 fully saturated rings. The van der Waals surface area contributed by atoms with Crippen LogP contribution in [0.25, 0.3) is 0 Å². The van der Waals surface area contributed by atoms with Crippen molar-refractivity contribution >= 4 is 12.1 Å². The molecule has 4 nitrogen and oxygen atoms in total.